The topological polar surface area (TPSA) is 72.1 Å². The molecule has 0 atom stereocenters. The summed E-state index contributed by atoms with van der Waals surface area (Å²) >= 11 is 0. The number of nitrogen functional groups attached to an aromatic ring is 1. The minimum Gasteiger partial charge on any atom is -0.396 e. The van der Waals surface area contributed by atoms with Crippen molar-refractivity contribution in [3.8, 4) is 0 Å². The number of carbonyl (C=O) groups excluding carboxylic acids is 1. The van der Waals surface area contributed by atoms with Crippen LogP contribution in [0.2, 0.25) is 0 Å². The summed E-state index contributed by atoms with van der Waals surface area (Å²) in [6.45, 7) is 0. The summed E-state index contributed by atoms with van der Waals surface area (Å²) in [5, 5.41) is 0. The van der Waals surface area contributed by atoms with Crippen molar-refractivity contribution in [2.75, 3.05) is 17.7 Å². The van der Waals surface area contributed by atoms with Crippen molar-refractivity contribution in [1.82, 2.24) is 9.97 Å². The van der Waals surface area contributed by atoms with E-state index in [0.717, 1.165) is 0 Å². The van der Waals surface area contributed by atoms with Gasteiger partial charge < -0.3 is 5.73 Å². The lowest BCUT2D eigenvalue weighted by Gasteiger charge is -2.17. The maximum atomic E-state index is 12.1. The third-order valence-corrected chi connectivity index (χ3v) is 2.35. The Morgan fingerprint density at radius 3 is 2.71 bits per heavy atom. The molecule has 2 aromatic rings. The van der Waals surface area contributed by atoms with Crippen LogP contribution in [0.1, 0.15) is 10.4 Å². The molecule has 2 heterocycles. The van der Waals surface area contributed by atoms with E-state index in [9.17, 15) is 4.79 Å². The fourth-order valence-corrected chi connectivity index (χ4v) is 1.47. The zero-order chi connectivity index (χ0) is 12.3. The van der Waals surface area contributed by atoms with Gasteiger partial charge in [0, 0.05) is 25.6 Å². The largest absolute Gasteiger partial charge is 0.396 e. The molecular formula is C12H12N4O. The average Bonchev–Trinajstić information content (AvgIpc) is 2.39. The Bertz CT molecular complexity index is 527. The number of anilines is 2. The normalized spacial score (nSPS) is 9.94. The number of amides is 1. The highest BCUT2D eigenvalue weighted by Gasteiger charge is 2.16. The summed E-state index contributed by atoms with van der Waals surface area (Å²) in [5.74, 6) is 0.254. The van der Waals surface area contributed by atoms with E-state index in [0.29, 0.717) is 17.1 Å². The molecule has 2 aromatic heterocycles. The number of hydrogen-bond donors (Lipinski definition) is 1. The molecule has 2 rings (SSSR count). The van der Waals surface area contributed by atoms with Gasteiger partial charge in [0.15, 0.2) is 5.82 Å². The second-order valence-corrected chi connectivity index (χ2v) is 3.52. The summed E-state index contributed by atoms with van der Waals surface area (Å²) in [6, 6.07) is 6.84. The fourth-order valence-electron chi connectivity index (χ4n) is 1.47. The van der Waals surface area contributed by atoms with Gasteiger partial charge in [0.2, 0.25) is 0 Å². The summed E-state index contributed by atoms with van der Waals surface area (Å²) in [6.07, 6.45) is 4.72. The van der Waals surface area contributed by atoms with E-state index in [-0.39, 0.29) is 5.91 Å². The molecule has 0 radical (unpaired) electrons. The third-order valence-electron chi connectivity index (χ3n) is 2.35. The molecule has 0 unspecified atom stereocenters. The lowest BCUT2D eigenvalue weighted by atomic mass is 10.2. The van der Waals surface area contributed by atoms with Gasteiger partial charge in [0.25, 0.3) is 5.91 Å². The summed E-state index contributed by atoms with van der Waals surface area (Å²) in [5.41, 5.74) is 6.73. The molecule has 2 N–H and O–H groups in total. The fraction of sp³-hybridized carbons (Fsp3) is 0.0833. The van der Waals surface area contributed by atoms with E-state index < -0.39 is 0 Å². The Labute approximate surface area is 98.9 Å². The molecule has 0 fully saturated rings. The van der Waals surface area contributed by atoms with Crippen LogP contribution in [0.4, 0.5) is 11.5 Å². The van der Waals surface area contributed by atoms with Crippen LogP contribution in [-0.2, 0) is 0 Å². The molecule has 0 saturated carbocycles. The van der Waals surface area contributed by atoms with Crippen LogP contribution in [0.15, 0.2) is 42.9 Å². The Balaban J connectivity index is 2.30. The highest BCUT2D eigenvalue weighted by atomic mass is 16.2. The molecule has 0 aliphatic heterocycles. The molecule has 0 aliphatic carbocycles. The quantitative estimate of drug-likeness (QED) is 0.841. The Hall–Kier alpha value is -2.43. The van der Waals surface area contributed by atoms with Crippen LogP contribution < -0.4 is 10.6 Å². The maximum absolute atomic E-state index is 12.1. The van der Waals surface area contributed by atoms with Crippen molar-refractivity contribution < 1.29 is 4.79 Å². The summed E-state index contributed by atoms with van der Waals surface area (Å²) < 4.78 is 0. The standard InChI is InChI=1S/C12H12N4O/c1-16(11-10(13)5-3-7-15-11)12(17)9-4-2-6-14-8-9/h2-8H,13H2,1H3. The van der Waals surface area contributed by atoms with E-state index >= 15 is 0 Å². The van der Waals surface area contributed by atoms with Crippen LogP contribution in [-0.4, -0.2) is 22.9 Å². The lowest BCUT2D eigenvalue weighted by molar-refractivity contribution is 0.0992. The van der Waals surface area contributed by atoms with E-state index in [1.807, 2.05) is 0 Å². The van der Waals surface area contributed by atoms with Gasteiger partial charge in [-0.25, -0.2) is 4.98 Å². The van der Waals surface area contributed by atoms with E-state index in [4.69, 9.17) is 5.73 Å². The molecule has 5 heteroatoms. The van der Waals surface area contributed by atoms with Crippen molar-refractivity contribution >= 4 is 17.4 Å². The van der Waals surface area contributed by atoms with Crippen LogP contribution in [0.25, 0.3) is 0 Å². The minimum absolute atomic E-state index is 0.191. The van der Waals surface area contributed by atoms with Gasteiger partial charge in [-0.3, -0.25) is 14.7 Å². The maximum Gasteiger partial charge on any atom is 0.260 e. The molecule has 0 bridgehead atoms. The number of carbonyl (C=O) groups is 1. The van der Waals surface area contributed by atoms with E-state index in [1.165, 1.54) is 11.1 Å². The van der Waals surface area contributed by atoms with Crippen LogP contribution in [0.3, 0.4) is 0 Å². The number of aromatic nitrogens is 2. The van der Waals surface area contributed by atoms with Crippen LogP contribution in [0, 0.1) is 0 Å². The zero-order valence-corrected chi connectivity index (χ0v) is 9.37. The van der Waals surface area contributed by atoms with Crippen LogP contribution in [0.5, 0.6) is 0 Å². The average molecular weight is 228 g/mol. The number of hydrogen-bond acceptors (Lipinski definition) is 4. The molecule has 0 aromatic carbocycles. The Kier molecular flexibility index (Phi) is 3.00. The van der Waals surface area contributed by atoms with Crippen molar-refractivity contribution in [3.05, 3.63) is 48.4 Å². The third kappa shape index (κ3) is 2.23. The first-order valence-electron chi connectivity index (χ1n) is 5.08. The van der Waals surface area contributed by atoms with Gasteiger partial charge in [-0.15, -0.1) is 0 Å². The highest BCUT2D eigenvalue weighted by molar-refractivity contribution is 6.06. The number of pyridine rings is 2. The van der Waals surface area contributed by atoms with Crippen molar-refractivity contribution in [1.29, 1.82) is 0 Å². The molecule has 0 aliphatic rings. The van der Waals surface area contributed by atoms with Gasteiger partial charge in [0.05, 0.1) is 11.3 Å². The molecular weight excluding hydrogens is 216 g/mol. The SMILES string of the molecule is CN(C(=O)c1cccnc1)c1ncccc1N. The zero-order valence-electron chi connectivity index (χ0n) is 9.37. The lowest BCUT2D eigenvalue weighted by Crippen LogP contribution is -2.27. The molecule has 17 heavy (non-hydrogen) atoms. The van der Waals surface area contributed by atoms with Gasteiger partial charge in [-0.1, -0.05) is 0 Å². The predicted octanol–water partition coefficient (Wildman–Crippen LogP) is 1.34. The number of rotatable bonds is 2. The first-order valence-corrected chi connectivity index (χ1v) is 5.08. The molecule has 5 nitrogen and oxygen atoms in total. The van der Waals surface area contributed by atoms with E-state index in [1.54, 1.807) is 43.7 Å². The smallest absolute Gasteiger partial charge is 0.260 e. The number of nitrogens with zero attached hydrogens (tertiary/aromatic N) is 3. The molecule has 0 spiro atoms. The second-order valence-electron chi connectivity index (χ2n) is 3.52. The van der Waals surface area contributed by atoms with Crippen molar-refractivity contribution in [2.24, 2.45) is 0 Å². The number of nitrogens with two attached hydrogens (primary N) is 1. The first kappa shape index (κ1) is 11.1. The first-order chi connectivity index (χ1) is 8.20. The monoisotopic (exact) mass is 228 g/mol. The Morgan fingerprint density at radius 1 is 1.29 bits per heavy atom. The van der Waals surface area contributed by atoms with Gasteiger partial charge in [-0.05, 0) is 24.3 Å². The molecule has 1 amide bonds. The minimum atomic E-state index is -0.191. The molecule has 86 valence electrons. The Morgan fingerprint density at radius 2 is 2.06 bits per heavy atom. The van der Waals surface area contributed by atoms with Crippen molar-refractivity contribution in [3.63, 3.8) is 0 Å². The van der Waals surface area contributed by atoms with Gasteiger partial charge >= 0.3 is 0 Å². The van der Waals surface area contributed by atoms with Crippen LogP contribution >= 0.6 is 0 Å². The predicted molar refractivity (Wildman–Crippen MR) is 65.6 cm³/mol. The summed E-state index contributed by atoms with van der Waals surface area (Å²) in [4.78, 5) is 21.5. The molecule has 0 saturated heterocycles. The van der Waals surface area contributed by atoms with Gasteiger partial charge in [0.1, 0.15) is 0 Å². The van der Waals surface area contributed by atoms with E-state index in [2.05, 4.69) is 9.97 Å². The highest BCUT2D eigenvalue weighted by Crippen LogP contribution is 2.19. The summed E-state index contributed by atoms with van der Waals surface area (Å²) in [7, 11) is 1.63. The second kappa shape index (κ2) is 4.61. The van der Waals surface area contributed by atoms with Crippen molar-refractivity contribution in [2.45, 2.75) is 0 Å². The van der Waals surface area contributed by atoms with Gasteiger partial charge in [-0.2, -0.15) is 0 Å².